The van der Waals surface area contributed by atoms with E-state index in [0.717, 1.165) is 22.8 Å². The molecule has 2 heterocycles. The average Bonchev–Trinajstić information content (AvgIpc) is 2.93. The molecule has 0 saturated carbocycles. The molecule has 0 unspecified atom stereocenters. The molecule has 0 radical (unpaired) electrons. The summed E-state index contributed by atoms with van der Waals surface area (Å²) in [7, 11) is 1.63. The number of ether oxygens (including phenoxy) is 1. The van der Waals surface area contributed by atoms with Crippen molar-refractivity contribution in [3.8, 4) is 11.4 Å². The van der Waals surface area contributed by atoms with Gasteiger partial charge in [-0.15, -0.1) is 0 Å². The molecule has 0 aliphatic heterocycles. The highest BCUT2D eigenvalue weighted by Crippen LogP contribution is 2.25. The van der Waals surface area contributed by atoms with Crippen LogP contribution in [0.4, 0.5) is 11.6 Å². The molecule has 140 valence electrons. The van der Waals surface area contributed by atoms with E-state index in [9.17, 15) is 4.79 Å². The lowest BCUT2D eigenvalue weighted by atomic mass is 10.2. The summed E-state index contributed by atoms with van der Waals surface area (Å²) in [5, 5.41) is 0.393. The van der Waals surface area contributed by atoms with Crippen molar-refractivity contribution in [2.75, 3.05) is 24.3 Å². The number of ketones is 1. The first kappa shape index (κ1) is 18.8. The molecule has 27 heavy (non-hydrogen) atoms. The molecule has 2 aromatic heterocycles. The molecule has 7 nitrogen and oxygen atoms in total. The van der Waals surface area contributed by atoms with Crippen LogP contribution in [-0.2, 0) is 0 Å². The summed E-state index contributed by atoms with van der Waals surface area (Å²) in [6.45, 7) is 3.91. The van der Waals surface area contributed by atoms with Gasteiger partial charge in [-0.05, 0) is 44.2 Å². The van der Waals surface area contributed by atoms with E-state index >= 15 is 0 Å². The van der Waals surface area contributed by atoms with Gasteiger partial charge in [-0.3, -0.25) is 4.79 Å². The summed E-state index contributed by atoms with van der Waals surface area (Å²) in [5.74, 6) is 1.56. The number of carbonyl (C=O) groups excluding carboxylic acids is 1. The first-order chi connectivity index (χ1) is 12.9. The minimum Gasteiger partial charge on any atom is -0.497 e. The third-order valence-electron chi connectivity index (χ3n) is 4.14. The maximum absolute atomic E-state index is 12.7. The molecular weight excluding hydrogens is 362 g/mol. The van der Waals surface area contributed by atoms with Gasteiger partial charge < -0.3 is 20.8 Å². The molecule has 0 atom stereocenters. The standard InChI is InChI=1S/C19H21N5O2S/c1-11-8-15(12(2)24(11)13-4-6-14(26-3)7-5-13)16(25)10-27-19-22-17(20)9-18(21)23-19/h4-9H,10H2,1-3H3,(H4,20,21,22,23). The fourth-order valence-electron chi connectivity index (χ4n) is 2.91. The number of carbonyl (C=O) groups is 1. The molecule has 0 saturated heterocycles. The van der Waals surface area contributed by atoms with Gasteiger partial charge in [-0.2, -0.15) is 0 Å². The number of aromatic nitrogens is 3. The predicted octanol–water partition coefficient (Wildman–Crippen LogP) is 3.03. The molecule has 4 N–H and O–H groups in total. The molecule has 8 heteroatoms. The maximum Gasteiger partial charge on any atom is 0.191 e. The van der Waals surface area contributed by atoms with E-state index in [1.807, 2.05) is 48.7 Å². The lowest BCUT2D eigenvalue weighted by Gasteiger charge is -2.10. The van der Waals surface area contributed by atoms with Crippen LogP contribution < -0.4 is 16.2 Å². The SMILES string of the molecule is COc1ccc(-n2c(C)cc(C(=O)CSc3nc(N)cc(N)n3)c2C)cc1. The minimum atomic E-state index is -0.00235. The average molecular weight is 383 g/mol. The van der Waals surface area contributed by atoms with Crippen LogP contribution in [0.25, 0.3) is 5.69 Å². The van der Waals surface area contributed by atoms with E-state index in [1.54, 1.807) is 7.11 Å². The Morgan fingerprint density at radius 2 is 1.74 bits per heavy atom. The highest BCUT2D eigenvalue weighted by Gasteiger charge is 2.17. The topological polar surface area (TPSA) is 109 Å². The summed E-state index contributed by atoms with van der Waals surface area (Å²) in [4.78, 5) is 20.9. The molecule has 1 aromatic carbocycles. The number of thioether (sulfide) groups is 1. The van der Waals surface area contributed by atoms with Gasteiger partial charge >= 0.3 is 0 Å². The number of Topliss-reactive ketones (excluding diaryl/α,β-unsaturated/α-hetero) is 1. The number of nitrogens with zero attached hydrogens (tertiary/aromatic N) is 3. The zero-order valence-electron chi connectivity index (χ0n) is 15.4. The number of rotatable bonds is 6. The Hall–Kier alpha value is -3.00. The second-order valence-corrected chi connectivity index (χ2v) is 6.97. The van der Waals surface area contributed by atoms with Gasteiger partial charge in [0.25, 0.3) is 0 Å². The van der Waals surface area contributed by atoms with Crippen molar-refractivity contribution in [3.05, 3.63) is 53.3 Å². The molecule has 0 spiro atoms. The molecule has 0 fully saturated rings. The number of hydrogen-bond acceptors (Lipinski definition) is 7. The van der Waals surface area contributed by atoms with Crippen molar-refractivity contribution in [2.45, 2.75) is 19.0 Å². The third-order valence-corrected chi connectivity index (χ3v) is 4.99. The van der Waals surface area contributed by atoms with Gasteiger partial charge in [0.05, 0.1) is 12.9 Å². The summed E-state index contributed by atoms with van der Waals surface area (Å²) in [5.41, 5.74) is 14.9. The number of nitrogen functional groups attached to an aromatic ring is 2. The molecule has 0 aliphatic carbocycles. The number of nitrogens with two attached hydrogens (primary N) is 2. The van der Waals surface area contributed by atoms with Crippen molar-refractivity contribution < 1.29 is 9.53 Å². The van der Waals surface area contributed by atoms with Gasteiger partial charge in [0.15, 0.2) is 10.9 Å². The van der Waals surface area contributed by atoms with Crippen molar-refractivity contribution in [2.24, 2.45) is 0 Å². The van der Waals surface area contributed by atoms with Gasteiger partial charge in [0, 0.05) is 28.7 Å². The first-order valence-electron chi connectivity index (χ1n) is 8.28. The van der Waals surface area contributed by atoms with Crippen LogP contribution in [0.15, 0.2) is 41.6 Å². The second-order valence-electron chi connectivity index (χ2n) is 6.03. The van der Waals surface area contributed by atoms with Gasteiger partial charge in [0.1, 0.15) is 17.4 Å². The van der Waals surface area contributed by atoms with Crippen molar-refractivity contribution in [3.63, 3.8) is 0 Å². The van der Waals surface area contributed by atoms with E-state index in [-0.39, 0.29) is 23.2 Å². The van der Waals surface area contributed by atoms with Crippen LogP contribution in [0.1, 0.15) is 21.7 Å². The van der Waals surface area contributed by atoms with Crippen LogP contribution in [0.5, 0.6) is 5.75 Å². The Morgan fingerprint density at radius 1 is 1.11 bits per heavy atom. The molecule has 3 aromatic rings. The molecule has 3 rings (SSSR count). The lowest BCUT2D eigenvalue weighted by Crippen LogP contribution is -2.07. The Kier molecular flexibility index (Phi) is 5.36. The van der Waals surface area contributed by atoms with Gasteiger partial charge in [-0.25, -0.2) is 9.97 Å². The van der Waals surface area contributed by atoms with E-state index in [1.165, 1.54) is 17.8 Å². The number of aryl methyl sites for hydroxylation is 1. The highest BCUT2D eigenvalue weighted by atomic mass is 32.2. The van der Waals surface area contributed by atoms with E-state index in [0.29, 0.717) is 10.7 Å². The maximum atomic E-state index is 12.7. The smallest absolute Gasteiger partial charge is 0.191 e. The summed E-state index contributed by atoms with van der Waals surface area (Å²) in [6.07, 6.45) is 0. The fourth-order valence-corrected chi connectivity index (χ4v) is 3.66. The molecule has 0 aliphatic rings. The van der Waals surface area contributed by atoms with Crippen molar-refractivity contribution in [1.29, 1.82) is 0 Å². The summed E-state index contributed by atoms with van der Waals surface area (Å²) in [6, 6.07) is 11.1. The van der Waals surface area contributed by atoms with Crippen molar-refractivity contribution >= 4 is 29.2 Å². The third kappa shape index (κ3) is 4.06. The Bertz CT molecular complexity index is 962. The predicted molar refractivity (Wildman–Crippen MR) is 108 cm³/mol. The normalized spacial score (nSPS) is 10.8. The molecule has 0 bridgehead atoms. The van der Waals surface area contributed by atoms with Crippen LogP contribution in [-0.4, -0.2) is 33.2 Å². The van der Waals surface area contributed by atoms with Crippen LogP contribution in [0.2, 0.25) is 0 Å². The second kappa shape index (κ2) is 7.71. The Balaban J connectivity index is 1.81. The largest absolute Gasteiger partial charge is 0.497 e. The molecule has 0 amide bonds. The van der Waals surface area contributed by atoms with Gasteiger partial charge in [-0.1, -0.05) is 11.8 Å². The number of hydrogen-bond donors (Lipinski definition) is 2. The highest BCUT2D eigenvalue weighted by molar-refractivity contribution is 7.99. The lowest BCUT2D eigenvalue weighted by molar-refractivity contribution is 0.102. The Labute approximate surface area is 161 Å². The summed E-state index contributed by atoms with van der Waals surface area (Å²) < 4.78 is 7.25. The molecular formula is C19H21N5O2S. The monoisotopic (exact) mass is 383 g/mol. The number of methoxy groups -OCH3 is 1. The van der Waals surface area contributed by atoms with Crippen LogP contribution in [0, 0.1) is 13.8 Å². The van der Waals surface area contributed by atoms with E-state index in [2.05, 4.69) is 9.97 Å². The van der Waals surface area contributed by atoms with Crippen LogP contribution in [0.3, 0.4) is 0 Å². The van der Waals surface area contributed by atoms with E-state index in [4.69, 9.17) is 16.2 Å². The first-order valence-corrected chi connectivity index (χ1v) is 9.27. The zero-order valence-corrected chi connectivity index (χ0v) is 16.2. The van der Waals surface area contributed by atoms with Gasteiger partial charge in [0.2, 0.25) is 0 Å². The Morgan fingerprint density at radius 3 is 2.33 bits per heavy atom. The number of anilines is 2. The van der Waals surface area contributed by atoms with Crippen LogP contribution >= 0.6 is 11.8 Å². The fraction of sp³-hybridized carbons (Fsp3) is 0.211. The number of benzene rings is 1. The van der Waals surface area contributed by atoms with E-state index < -0.39 is 0 Å². The summed E-state index contributed by atoms with van der Waals surface area (Å²) >= 11 is 1.22. The zero-order chi connectivity index (χ0) is 19.6. The quantitative estimate of drug-likeness (QED) is 0.382. The minimum absolute atomic E-state index is 0.00235. The van der Waals surface area contributed by atoms with Crippen molar-refractivity contribution in [1.82, 2.24) is 14.5 Å².